The molecule has 96 valence electrons. The first kappa shape index (κ1) is 14.4. The third-order valence-electron chi connectivity index (χ3n) is 3.14. The number of rotatable bonds is 3. The number of benzene rings is 1. The van der Waals surface area contributed by atoms with E-state index in [0.717, 1.165) is 12.8 Å². The SMILES string of the molecule is Cc1ccc([C@H](N)[C@H](O)C2CC2)c(F)c1F.Cl. The molecule has 0 saturated heterocycles. The Kier molecular flexibility index (Phi) is 4.47. The molecule has 1 aromatic rings. The minimum absolute atomic E-state index is 0. The molecule has 0 heterocycles. The Bertz CT molecular complexity index is 410. The van der Waals surface area contributed by atoms with Crippen LogP contribution in [-0.4, -0.2) is 11.2 Å². The van der Waals surface area contributed by atoms with Gasteiger partial charge < -0.3 is 10.8 Å². The summed E-state index contributed by atoms with van der Waals surface area (Å²) in [6.07, 6.45) is 1.03. The third-order valence-corrected chi connectivity index (χ3v) is 3.14. The van der Waals surface area contributed by atoms with Gasteiger partial charge in [-0.05, 0) is 31.2 Å². The number of aliphatic hydroxyl groups excluding tert-OH is 1. The summed E-state index contributed by atoms with van der Waals surface area (Å²) in [6, 6.07) is 2.08. The predicted molar refractivity (Wildman–Crippen MR) is 64.0 cm³/mol. The fraction of sp³-hybridized carbons (Fsp3) is 0.500. The zero-order valence-corrected chi connectivity index (χ0v) is 10.3. The van der Waals surface area contributed by atoms with Crippen molar-refractivity contribution >= 4 is 12.4 Å². The van der Waals surface area contributed by atoms with Crippen LogP contribution < -0.4 is 5.73 Å². The molecule has 0 spiro atoms. The Balaban J connectivity index is 0.00000144. The number of nitrogens with two attached hydrogens (primary N) is 1. The largest absolute Gasteiger partial charge is 0.391 e. The normalized spacial score (nSPS) is 18.4. The Hall–Kier alpha value is -0.710. The molecule has 3 N–H and O–H groups in total. The molecule has 1 fully saturated rings. The van der Waals surface area contributed by atoms with Crippen LogP contribution >= 0.6 is 12.4 Å². The molecule has 5 heteroatoms. The maximum atomic E-state index is 13.6. The van der Waals surface area contributed by atoms with Crippen molar-refractivity contribution < 1.29 is 13.9 Å². The van der Waals surface area contributed by atoms with Crippen LogP contribution in [0, 0.1) is 24.5 Å². The average Bonchev–Trinajstić information content (AvgIpc) is 3.08. The predicted octanol–water partition coefficient (Wildman–Crippen LogP) is 2.47. The fourth-order valence-electron chi connectivity index (χ4n) is 1.83. The van der Waals surface area contributed by atoms with Crippen LogP contribution in [0.2, 0.25) is 0 Å². The summed E-state index contributed by atoms with van der Waals surface area (Å²) in [5.41, 5.74) is 6.05. The van der Waals surface area contributed by atoms with Crippen LogP contribution in [0.1, 0.15) is 30.0 Å². The fourth-order valence-corrected chi connectivity index (χ4v) is 1.83. The molecule has 0 aliphatic heterocycles. The molecule has 1 aromatic carbocycles. The molecule has 0 aromatic heterocycles. The van der Waals surface area contributed by atoms with Gasteiger partial charge in [-0.15, -0.1) is 12.4 Å². The van der Waals surface area contributed by atoms with E-state index in [4.69, 9.17) is 5.73 Å². The highest BCUT2D eigenvalue weighted by Crippen LogP contribution is 2.37. The van der Waals surface area contributed by atoms with E-state index >= 15 is 0 Å². The van der Waals surface area contributed by atoms with Gasteiger partial charge in [-0.2, -0.15) is 0 Å². The van der Waals surface area contributed by atoms with Crippen LogP contribution in [0.15, 0.2) is 12.1 Å². The van der Waals surface area contributed by atoms with Crippen molar-refractivity contribution in [2.45, 2.75) is 31.9 Å². The van der Waals surface area contributed by atoms with E-state index in [-0.39, 0.29) is 29.5 Å². The van der Waals surface area contributed by atoms with Gasteiger partial charge in [0, 0.05) is 5.56 Å². The number of hydrogen-bond acceptors (Lipinski definition) is 2. The average molecular weight is 264 g/mol. The molecule has 1 saturated carbocycles. The van der Waals surface area contributed by atoms with Crippen LogP contribution in [0.3, 0.4) is 0 Å². The molecule has 0 bridgehead atoms. The smallest absolute Gasteiger partial charge is 0.163 e. The van der Waals surface area contributed by atoms with E-state index < -0.39 is 23.8 Å². The van der Waals surface area contributed by atoms with E-state index in [1.54, 1.807) is 0 Å². The van der Waals surface area contributed by atoms with Gasteiger partial charge in [0.25, 0.3) is 0 Å². The molecule has 2 rings (SSSR count). The lowest BCUT2D eigenvalue weighted by Gasteiger charge is -2.19. The Morgan fingerprint density at radius 1 is 1.29 bits per heavy atom. The minimum atomic E-state index is -0.938. The summed E-state index contributed by atoms with van der Waals surface area (Å²) in [7, 11) is 0. The molecular formula is C12H16ClF2NO. The highest BCUT2D eigenvalue weighted by atomic mass is 35.5. The molecule has 2 atom stereocenters. The molecule has 1 aliphatic carbocycles. The molecule has 17 heavy (non-hydrogen) atoms. The van der Waals surface area contributed by atoms with Crippen molar-refractivity contribution in [3.63, 3.8) is 0 Å². The van der Waals surface area contributed by atoms with E-state index in [0.29, 0.717) is 0 Å². The molecule has 0 amide bonds. The van der Waals surface area contributed by atoms with E-state index in [9.17, 15) is 13.9 Å². The van der Waals surface area contributed by atoms with Gasteiger partial charge in [-0.3, -0.25) is 0 Å². The minimum Gasteiger partial charge on any atom is -0.391 e. The second kappa shape index (κ2) is 5.29. The van der Waals surface area contributed by atoms with E-state index in [1.165, 1.54) is 19.1 Å². The maximum absolute atomic E-state index is 13.6. The number of hydrogen-bond donors (Lipinski definition) is 2. The Morgan fingerprint density at radius 2 is 1.88 bits per heavy atom. The van der Waals surface area contributed by atoms with Crippen LogP contribution in [-0.2, 0) is 0 Å². The van der Waals surface area contributed by atoms with Crippen molar-refractivity contribution in [3.8, 4) is 0 Å². The first-order chi connectivity index (χ1) is 7.52. The first-order valence-corrected chi connectivity index (χ1v) is 5.40. The van der Waals surface area contributed by atoms with Gasteiger partial charge in [-0.1, -0.05) is 12.1 Å². The summed E-state index contributed by atoms with van der Waals surface area (Å²) in [4.78, 5) is 0. The van der Waals surface area contributed by atoms with Gasteiger partial charge in [0.15, 0.2) is 11.6 Å². The molecular weight excluding hydrogens is 248 g/mol. The van der Waals surface area contributed by atoms with Gasteiger partial charge in [0.1, 0.15) is 0 Å². The van der Waals surface area contributed by atoms with Gasteiger partial charge >= 0.3 is 0 Å². The van der Waals surface area contributed by atoms with Crippen molar-refractivity contribution in [2.24, 2.45) is 11.7 Å². The molecule has 0 radical (unpaired) electrons. The lowest BCUT2D eigenvalue weighted by Crippen LogP contribution is -2.29. The second-order valence-corrected chi connectivity index (χ2v) is 4.45. The summed E-state index contributed by atoms with van der Waals surface area (Å²) in [5.74, 6) is -1.68. The van der Waals surface area contributed by atoms with Crippen molar-refractivity contribution in [1.82, 2.24) is 0 Å². The Morgan fingerprint density at radius 3 is 2.41 bits per heavy atom. The third kappa shape index (κ3) is 2.76. The molecule has 0 unspecified atom stereocenters. The lowest BCUT2D eigenvalue weighted by molar-refractivity contribution is 0.120. The van der Waals surface area contributed by atoms with Crippen LogP contribution in [0.4, 0.5) is 8.78 Å². The zero-order valence-electron chi connectivity index (χ0n) is 9.49. The summed E-state index contributed by atoms with van der Waals surface area (Å²) < 4.78 is 26.9. The standard InChI is InChI=1S/C12H15F2NO.ClH/c1-6-2-5-8(10(14)9(6)13)11(15)12(16)7-3-4-7;/h2,5,7,11-12,16H,3-4,15H2,1H3;1H/t11-,12+;/m0./s1. The highest BCUT2D eigenvalue weighted by Gasteiger charge is 2.35. The van der Waals surface area contributed by atoms with Crippen LogP contribution in [0.5, 0.6) is 0 Å². The van der Waals surface area contributed by atoms with E-state index in [1.807, 2.05) is 0 Å². The maximum Gasteiger partial charge on any atom is 0.163 e. The van der Waals surface area contributed by atoms with Crippen LogP contribution in [0.25, 0.3) is 0 Å². The number of halogens is 3. The molecule has 1 aliphatic rings. The van der Waals surface area contributed by atoms with Crippen molar-refractivity contribution in [2.75, 3.05) is 0 Å². The van der Waals surface area contributed by atoms with Gasteiger partial charge in [0.05, 0.1) is 12.1 Å². The van der Waals surface area contributed by atoms with Crippen molar-refractivity contribution in [1.29, 1.82) is 0 Å². The van der Waals surface area contributed by atoms with Crippen molar-refractivity contribution in [3.05, 3.63) is 34.9 Å². The monoisotopic (exact) mass is 263 g/mol. The lowest BCUT2D eigenvalue weighted by atomic mass is 9.97. The topological polar surface area (TPSA) is 46.2 Å². The number of aliphatic hydroxyl groups is 1. The number of aryl methyl sites for hydroxylation is 1. The van der Waals surface area contributed by atoms with E-state index in [2.05, 4.69) is 0 Å². The first-order valence-electron chi connectivity index (χ1n) is 5.40. The van der Waals surface area contributed by atoms with Gasteiger partial charge in [0.2, 0.25) is 0 Å². The highest BCUT2D eigenvalue weighted by molar-refractivity contribution is 5.85. The quantitative estimate of drug-likeness (QED) is 0.880. The summed E-state index contributed by atoms with van der Waals surface area (Å²) in [5, 5.41) is 9.78. The Labute approximate surface area is 105 Å². The molecule has 2 nitrogen and oxygen atoms in total. The second-order valence-electron chi connectivity index (χ2n) is 4.45. The van der Waals surface area contributed by atoms with Gasteiger partial charge in [-0.25, -0.2) is 8.78 Å². The zero-order chi connectivity index (χ0) is 11.9. The summed E-state index contributed by atoms with van der Waals surface area (Å²) >= 11 is 0. The summed E-state index contributed by atoms with van der Waals surface area (Å²) in [6.45, 7) is 1.49.